The normalized spacial score (nSPS) is 14.6. The Morgan fingerprint density at radius 3 is 2.00 bits per heavy atom. The molecular weight excluding hydrogens is 102 g/mol. The van der Waals surface area contributed by atoms with E-state index < -0.39 is 0 Å². The van der Waals surface area contributed by atoms with E-state index in [2.05, 4.69) is 25.6 Å². The van der Waals surface area contributed by atoms with E-state index in [0.29, 0.717) is 5.92 Å². The average molecular weight is 117 g/mol. The number of hydrogen-bond donors (Lipinski definition) is 1. The second-order valence-electron chi connectivity index (χ2n) is 2.33. The van der Waals surface area contributed by atoms with Crippen molar-refractivity contribution in [2.75, 3.05) is 0 Å². The van der Waals surface area contributed by atoms with Crippen LogP contribution in [0.2, 0.25) is 0 Å². The number of rotatable bonds is 3. The fourth-order valence-electron chi connectivity index (χ4n) is 0.725. The van der Waals surface area contributed by atoms with E-state index in [1.807, 2.05) is 0 Å². The maximum atomic E-state index is 4.98. The summed E-state index contributed by atoms with van der Waals surface area (Å²) in [6, 6.07) is 0. The Morgan fingerprint density at radius 1 is 1.50 bits per heavy atom. The minimum Gasteiger partial charge on any atom is -0.301 e. The molecule has 0 aliphatic heterocycles. The molecule has 0 aromatic carbocycles. The van der Waals surface area contributed by atoms with Gasteiger partial charge in [0.15, 0.2) is 0 Å². The average Bonchev–Trinajstić information content (AvgIpc) is 1.69. The van der Waals surface area contributed by atoms with E-state index in [9.17, 15) is 0 Å². The van der Waals surface area contributed by atoms with E-state index >= 15 is 0 Å². The third-order valence-electron chi connectivity index (χ3n) is 1.32. The highest BCUT2D eigenvalue weighted by Gasteiger charge is 2.08. The van der Waals surface area contributed by atoms with Crippen LogP contribution in [0.3, 0.4) is 0 Å². The molecule has 0 aliphatic rings. The van der Waals surface area contributed by atoms with Gasteiger partial charge in [-0.15, -0.1) is 0 Å². The molecule has 2 heteroatoms. The van der Waals surface area contributed by atoms with Crippen molar-refractivity contribution in [3.63, 3.8) is 0 Å². The number of hydrogen-bond acceptors (Lipinski definition) is 2. The highest BCUT2D eigenvalue weighted by Crippen LogP contribution is 2.06. The molecule has 0 heterocycles. The van der Waals surface area contributed by atoms with Gasteiger partial charge in [0, 0.05) is 0 Å². The first-order chi connectivity index (χ1) is 3.72. The molecule has 0 spiro atoms. The smallest absolute Gasteiger partial charge is 0.0807 e. The molecule has 2 nitrogen and oxygen atoms in total. The first-order valence-electron chi connectivity index (χ1n) is 3.07. The molecule has 8 heavy (non-hydrogen) atoms. The molecule has 0 amide bonds. The van der Waals surface area contributed by atoms with Gasteiger partial charge in [0.1, 0.15) is 0 Å². The fourth-order valence-corrected chi connectivity index (χ4v) is 0.725. The van der Waals surface area contributed by atoms with Crippen molar-refractivity contribution in [2.24, 2.45) is 11.8 Å². The molecule has 0 aromatic rings. The molecule has 0 fully saturated rings. The third-order valence-corrected chi connectivity index (χ3v) is 1.32. The topological polar surface area (TPSA) is 35.2 Å². The highest BCUT2D eigenvalue weighted by molar-refractivity contribution is 4.56. The van der Waals surface area contributed by atoms with E-state index in [0.717, 1.165) is 6.42 Å². The van der Waals surface area contributed by atoms with E-state index in [1.54, 1.807) is 0 Å². The van der Waals surface area contributed by atoms with Gasteiger partial charge in [0.2, 0.25) is 0 Å². The van der Waals surface area contributed by atoms with E-state index in [1.165, 1.54) is 0 Å². The Hall–Kier alpha value is -0.0800. The third kappa shape index (κ3) is 2.28. The summed E-state index contributed by atoms with van der Waals surface area (Å²) in [6.45, 7) is 6.26. The minimum atomic E-state index is 0.231. The maximum absolute atomic E-state index is 4.98. The van der Waals surface area contributed by atoms with Crippen LogP contribution in [-0.2, 0) is 4.84 Å². The molecular formula is C6H15NO. The minimum absolute atomic E-state index is 0.231. The first kappa shape index (κ1) is 7.92. The van der Waals surface area contributed by atoms with Crippen LogP contribution in [0.4, 0.5) is 0 Å². The molecule has 1 unspecified atom stereocenters. The Labute approximate surface area is 51.0 Å². The predicted molar refractivity (Wildman–Crippen MR) is 34.2 cm³/mol. The monoisotopic (exact) mass is 117 g/mol. The molecule has 0 saturated carbocycles. The second-order valence-corrected chi connectivity index (χ2v) is 2.33. The van der Waals surface area contributed by atoms with Crippen molar-refractivity contribution in [2.45, 2.75) is 33.3 Å². The lowest BCUT2D eigenvalue weighted by Crippen LogP contribution is -2.21. The molecule has 0 aliphatic carbocycles. The van der Waals surface area contributed by atoms with E-state index in [4.69, 9.17) is 5.90 Å². The summed E-state index contributed by atoms with van der Waals surface area (Å²) in [5.74, 6) is 5.52. The van der Waals surface area contributed by atoms with Crippen molar-refractivity contribution in [3.8, 4) is 0 Å². The maximum Gasteiger partial charge on any atom is 0.0807 e. The molecule has 0 rings (SSSR count). The van der Waals surface area contributed by atoms with Crippen LogP contribution in [0.5, 0.6) is 0 Å². The molecule has 0 saturated heterocycles. The Bertz CT molecular complexity index is 50.5. The van der Waals surface area contributed by atoms with Crippen molar-refractivity contribution in [1.29, 1.82) is 0 Å². The zero-order valence-corrected chi connectivity index (χ0v) is 5.85. The standard InChI is InChI=1S/C6H15NO/c1-4-6(8-7)5(2)3/h5-6H,4,7H2,1-3H3. The Kier molecular flexibility index (Phi) is 3.83. The van der Waals surface area contributed by atoms with Gasteiger partial charge in [-0.2, -0.15) is 0 Å². The van der Waals surface area contributed by atoms with Crippen LogP contribution in [0.15, 0.2) is 0 Å². The lowest BCUT2D eigenvalue weighted by Gasteiger charge is -2.14. The van der Waals surface area contributed by atoms with Crippen molar-refractivity contribution in [3.05, 3.63) is 0 Å². The van der Waals surface area contributed by atoms with Crippen LogP contribution in [0.1, 0.15) is 27.2 Å². The Balaban J connectivity index is 3.35. The zero-order chi connectivity index (χ0) is 6.57. The molecule has 0 radical (unpaired) electrons. The van der Waals surface area contributed by atoms with Gasteiger partial charge in [-0.05, 0) is 12.3 Å². The van der Waals surface area contributed by atoms with Gasteiger partial charge in [0.05, 0.1) is 6.10 Å². The summed E-state index contributed by atoms with van der Waals surface area (Å²) in [7, 11) is 0. The van der Waals surface area contributed by atoms with Crippen LogP contribution < -0.4 is 5.90 Å². The second kappa shape index (κ2) is 3.87. The van der Waals surface area contributed by atoms with Gasteiger partial charge >= 0.3 is 0 Å². The Morgan fingerprint density at radius 2 is 2.00 bits per heavy atom. The van der Waals surface area contributed by atoms with Crippen molar-refractivity contribution >= 4 is 0 Å². The van der Waals surface area contributed by atoms with Crippen molar-refractivity contribution < 1.29 is 4.84 Å². The van der Waals surface area contributed by atoms with Gasteiger partial charge in [-0.3, -0.25) is 0 Å². The summed E-state index contributed by atoms with van der Waals surface area (Å²) in [6.07, 6.45) is 1.23. The lowest BCUT2D eigenvalue weighted by molar-refractivity contribution is 0.0193. The van der Waals surface area contributed by atoms with Crippen LogP contribution in [-0.4, -0.2) is 6.10 Å². The fraction of sp³-hybridized carbons (Fsp3) is 1.00. The molecule has 0 aromatic heterocycles. The molecule has 0 bridgehead atoms. The first-order valence-corrected chi connectivity index (χ1v) is 3.07. The van der Waals surface area contributed by atoms with Gasteiger partial charge in [-0.1, -0.05) is 20.8 Å². The zero-order valence-electron chi connectivity index (χ0n) is 5.85. The lowest BCUT2D eigenvalue weighted by atomic mass is 10.1. The molecule has 1 atom stereocenters. The van der Waals surface area contributed by atoms with Crippen LogP contribution >= 0.6 is 0 Å². The summed E-state index contributed by atoms with van der Waals surface area (Å²) < 4.78 is 0. The summed E-state index contributed by atoms with van der Waals surface area (Å²) >= 11 is 0. The van der Waals surface area contributed by atoms with Crippen LogP contribution in [0.25, 0.3) is 0 Å². The van der Waals surface area contributed by atoms with Gasteiger partial charge in [-0.25, -0.2) is 5.90 Å². The van der Waals surface area contributed by atoms with Crippen molar-refractivity contribution in [1.82, 2.24) is 0 Å². The molecule has 50 valence electrons. The summed E-state index contributed by atoms with van der Waals surface area (Å²) in [4.78, 5) is 4.66. The predicted octanol–water partition coefficient (Wildman–Crippen LogP) is 1.31. The van der Waals surface area contributed by atoms with Gasteiger partial charge < -0.3 is 4.84 Å². The largest absolute Gasteiger partial charge is 0.301 e. The van der Waals surface area contributed by atoms with E-state index in [-0.39, 0.29) is 6.10 Å². The summed E-state index contributed by atoms with van der Waals surface area (Å²) in [5, 5.41) is 0. The number of nitrogens with two attached hydrogens (primary N) is 1. The SMILES string of the molecule is CCC(ON)C(C)C. The quantitative estimate of drug-likeness (QED) is 0.566. The molecule has 2 N–H and O–H groups in total. The summed E-state index contributed by atoms with van der Waals surface area (Å²) in [5.41, 5.74) is 0. The van der Waals surface area contributed by atoms with Gasteiger partial charge in [0.25, 0.3) is 0 Å². The van der Waals surface area contributed by atoms with Crippen LogP contribution in [0, 0.1) is 5.92 Å². The highest BCUT2D eigenvalue weighted by atomic mass is 16.6.